The van der Waals surface area contributed by atoms with Crippen molar-refractivity contribution in [2.75, 3.05) is 39.3 Å². The number of imide groups is 1. The van der Waals surface area contributed by atoms with Crippen molar-refractivity contribution in [1.29, 1.82) is 0 Å². The number of piperazine rings is 1. The molecule has 0 unspecified atom stereocenters. The molecular weight excluding hydrogens is 651 g/mol. The second kappa shape index (κ2) is 16.8. The van der Waals surface area contributed by atoms with Crippen LogP contribution in [-0.2, 0) is 43.9 Å². The summed E-state index contributed by atoms with van der Waals surface area (Å²) in [5.74, 6) is 0.375. The Hall–Kier alpha value is -3.31. The average Bonchev–Trinajstić information content (AvgIpc) is 3.56. The normalized spacial score (nSPS) is 20.4. The number of aromatic nitrogens is 1. The lowest BCUT2D eigenvalue weighted by atomic mass is 9.81. The standard InChI is InChI=1S/C39H57N5O5S/c1-26(2)50-38-30(23-39(3,4)5)29-14-15-32(45)31(36(29)41-38)25-42-19-21-43(22-20-42)33(46)9-7-6-8-18-40-37(49)28-12-10-27(11-13-28)24-44-34(47)16-17-35(44)48/h14-17,26-28,41,45H,6-13,18-25H2,1-5H3,(H,40,49)/p+1. The molecule has 0 atom stereocenters. The van der Waals surface area contributed by atoms with Gasteiger partial charge in [-0.3, -0.25) is 29.0 Å². The van der Waals surface area contributed by atoms with Crippen LogP contribution in [0, 0.1) is 17.3 Å². The number of thiol groups is 1. The number of unbranched alkanes of at least 4 members (excludes halogenated alkanes) is 2. The molecule has 3 heterocycles. The minimum absolute atomic E-state index is 0.0118. The number of aromatic amines is 1. The van der Waals surface area contributed by atoms with Crippen LogP contribution in [0.5, 0.6) is 5.75 Å². The van der Waals surface area contributed by atoms with Crippen molar-refractivity contribution in [1.82, 2.24) is 25.0 Å². The summed E-state index contributed by atoms with van der Waals surface area (Å²) in [4.78, 5) is 58.7. The molecule has 2 fully saturated rings. The monoisotopic (exact) mass is 708 g/mol. The number of amides is 4. The van der Waals surface area contributed by atoms with Crippen molar-refractivity contribution in [2.24, 2.45) is 17.3 Å². The molecule has 1 aromatic heterocycles. The fourth-order valence-corrected chi connectivity index (χ4v) is 8.59. The summed E-state index contributed by atoms with van der Waals surface area (Å²) < 4.78 is 0. The van der Waals surface area contributed by atoms with Crippen LogP contribution in [0.4, 0.5) is 0 Å². The fraction of sp³-hybridized carbons (Fsp3) is 0.641. The second-order valence-electron chi connectivity index (χ2n) is 16.0. The third-order valence-corrected chi connectivity index (χ3v) is 11.4. The van der Waals surface area contributed by atoms with Crippen LogP contribution >= 0.6 is 0 Å². The number of hydrogen-bond donors (Lipinski definition) is 3. The zero-order valence-corrected chi connectivity index (χ0v) is 31.6. The lowest BCUT2D eigenvalue weighted by molar-refractivity contribution is -0.138. The van der Waals surface area contributed by atoms with E-state index >= 15 is 0 Å². The molecule has 5 rings (SSSR count). The van der Waals surface area contributed by atoms with E-state index in [4.69, 9.17) is 0 Å². The van der Waals surface area contributed by atoms with Gasteiger partial charge < -0.3 is 20.3 Å². The van der Waals surface area contributed by atoms with E-state index in [2.05, 4.69) is 55.9 Å². The van der Waals surface area contributed by atoms with Gasteiger partial charge in [-0.25, -0.2) is 0 Å². The van der Waals surface area contributed by atoms with Gasteiger partial charge in [0.25, 0.3) is 11.8 Å². The first-order valence-corrected chi connectivity index (χ1v) is 19.6. The Labute approximate surface area is 301 Å². The van der Waals surface area contributed by atoms with Crippen LogP contribution in [0.3, 0.4) is 0 Å². The molecule has 0 bridgehead atoms. The van der Waals surface area contributed by atoms with Gasteiger partial charge >= 0.3 is 0 Å². The molecule has 50 heavy (non-hydrogen) atoms. The fourth-order valence-electron chi connectivity index (χ4n) is 7.54. The molecule has 1 aromatic carbocycles. The number of aromatic hydroxyl groups is 1. The van der Waals surface area contributed by atoms with Crippen LogP contribution in [0.15, 0.2) is 29.3 Å². The van der Waals surface area contributed by atoms with E-state index in [1.165, 1.54) is 44.8 Å². The molecule has 10 nitrogen and oxygen atoms in total. The maximum Gasteiger partial charge on any atom is 0.253 e. The number of carbonyl (C=O) groups is 4. The van der Waals surface area contributed by atoms with Gasteiger partial charge in [0, 0.05) is 98.6 Å². The van der Waals surface area contributed by atoms with Crippen LogP contribution < -0.4 is 5.32 Å². The Kier molecular flexibility index (Phi) is 12.7. The Morgan fingerprint density at radius 3 is 2.28 bits per heavy atom. The summed E-state index contributed by atoms with van der Waals surface area (Å²) in [5.41, 5.74) is 3.48. The van der Waals surface area contributed by atoms with Gasteiger partial charge in [0.1, 0.15) is 11.0 Å². The Balaban J connectivity index is 0.995. The van der Waals surface area contributed by atoms with Gasteiger partial charge in [-0.05, 0) is 82.3 Å². The van der Waals surface area contributed by atoms with Crippen molar-refractivity contribution in [3.63, 3.8) is 0 Å². The highest BCUT2D eigenvalue weighted by Gasteiger charge is 2.32. The molecule has 4 amide bonds. The van der Waals surface area contributed by atoms with Crippen LogP contribution in [0.2, 0.25) is 0 Å². The van der Waals surface area contributed by atoms with E-state index < -0.39 is 0 Å². The quantitative estimate of drug-likeness (QED) is 0.109. The molecular formula is C39H58N5O5S+. The molecule has 1 saturated heterocycles. The van der Waals surface area contributed by atoms with E-state index in [1.54, 1.807) is 0 Å². The maximum atomic E-state index is 13.0. The van der Waals surface area contributed by atoms with E-state index in [0.717, 1.165) is 75.5 Å². The first kappa shape index (κ1) is 37.9. The van der Waals surface area contributed by atoms with Gasteiger partial charge in [0.2, 0.25) is 16.8 Å². The minimum atomic E-state index is -0.237. The Morgan fingerprint density at radius 2 is 1.64 bits per heavy atom. The number of benzene rings is 1. The van der Waals surface area contributed by atoms with E-state index in [9.17, 15) is 24.3 Å². The number of nitrogens with zero attached hydrogens (tertiary/aromatic N) is 3. The van der Waals surface area contributed by atoms with Crippen LogP contribution in [0.25, 0.3) is 10.9 Å². The van der Waals surface area contributed by atoms with Crippen molar-refractivity contribution in [2.45, 2.75) is 109 Å². The third-order valence-electron chi connectivity index (χ3n) is 10.3. The smallest absolute Gasteiger partial charge is 0.253 e. The van der Waals surface area contributed by atoms with E-state index in [-0.39, 0.29) is 40.9 Å². The molecule has 0 spiro atoms. The van der Waals surface area contributed by atoms with Crippen LogP contribution in [0.1, 0.15) is 97.1 Å². The number of carbonyl (C=O) groups excluding carboxylic acids is 4. The first-order chi connectivity index (χ1) is 23.8. The van der Waals surface area contributed by atoms with Crippen molar-refractivity contribution in [3.05, 3.63) is 35.4 Å². The van der Waals surface area contributed by atoms with E-state index in [0.29, 0.717) is 50.1 Å². The summed E-state index contributed by atoms with van der Waals surface area (Å²) in [6, 6.07) is 3.90. The Morgan fingerprint density at radius 1 is 0.960 bits per heavy atom. The van der Waals surface area contributed by atoms with Crippen LogP contribution in [-0.4, -0.2) is 92.9 Å². The highest BCUT2D eigenvalue weighted by atomic mass is 32.2. The number of nitrogens with one attached hydrogen (secondary N) is 2. The predicted molar refractivity (Wildman–Crippen MR) is 200 cm³/mol. The number of fused-ring (bicyclic) bond motifs is 1. The molecule has 1 saturated carbocycles. The third kappa shape index (κ3) is 9.93. The molecule has 274 valence electrons. The van der Waals surface area contributed by atoms with E-state index in [1.807, 2.05) is 11.0 Å². The zero-order chi connectivity index (χ0) is 36.0. The number of rotatable bonds is 14. The summed E-state index contributed by atoms with van der Waals surface area (Å²) in [7, 11) is 0. The molecule has 3 N–H and O–H groups in total. The lowest BCUT2D eigenvalue weighted by Gasteiger charge is -2.35. The minimum Gasteiger partial charge on any atom is -0.508 e. The lowest BCUT2D eigenvalue weighted by Crippen LogP contribution is -2.48. The summed E-state index contributed by atoms with van der Waals surface area (Å²) in [6.45, 7) is 15.9. The first-order valence-electron chi connectivity index (χ1n) is 18.7. The molecule has 3 aliphatic rings. The number of phenols is 1. The molecule has 2 aromatic rings. The number of H-pyrrole nitrogens is 1. The maximum absolute atomic E-state index is 13.0. The SMILES string of the molecule is CC(C)[SH+]c1[nH]c2c(CN3CCN(C(=O)CCCCCNC(=O)C4CCC(CN5C(=O)C=CC5=O)CC4)CC3)c(O)ccc2c1CC(C)(C)C. The number of hydrogen-bond acceptors (Lipinski definition) is 6. The summed E-state index contributed by atoms with van der Waals surface area (Å²) >= 11 is 1.27. The molecule has 11 heteroatoms. The van der Waals surface area contributed by atoms with Gasteiger partial charge in [0.15, 0.2) is 0 Å². The average molecular weight is 709 g/mol. The molecule has 0 radical (unpaired) electrons. The summed E-state index contributed by atoms with van der Waals surface area (Å²) in [5, 5.41) is 17.0. The van der Waals surface area contributed by atoms with Crippen molar-refractivity contribution < 1.29 is 24.3 Å². The van der Waals surface area contributed by atoms with Crippen molar-refractivity contribution >= 4 is 46.3 Å². The Bertz CT molecular complexity index is 1540. The second-order valence-corrected chi connectivity index (χ2v) is 17.7. The highest BCUT2D eigenvalue weighted by molar-refractivity contribution is 7.79. The van der Waals surface area contributed by atoms with Gasteiger partial charge in [0.05, 0.1) is 5.52 Å². The van der Waals surface area contributed by atoms with Gasteiger partial charge in [-0.1, -0.05) is 27.2 Å². The van der Waals surface area contributed by atoms with Crippen molar-refractivity contribution in [3.8, 4) is 5.75 Å². The molecule has 2 aliphatic heterocycles. The topological polar surface area (TPSA) is 126 Å². The van der Waals surface area contributed by atoms with Gasteiger partial charge in [-0.15, -0.1) is 0 Å². The largest absolute Gasteiger partial charge is 0.508 e. The van der Waals surface area contributed by atoms with Gasteiger partial charge in [-0.2, -0.15) is 0 Å². The highest BCUT2D eigenvalue weighted by Crippen LogP contribution is 2.36. The predicted octanol–water partition coefficient (Wildman–Crippen LogP) is 5.10. The summed E-state index contributed by atoms with van der Waals surface area (Å²) in [6.07, 6.45) is 9.92. The zero-order valence-electron chi connectivity index (χ0n) is 30.7. The molecule has 1 aliphatic carbocycles. The number of phenolic OH excluding ortho intramolecular Hbond substituents is 1.